The SMILES string of the molecule is O.O.O.O.O.[B].[B].[B].[Cs]. The van der Waals surface area contributed by atoms with E-state index in [4.69, 9.17) is 0 Å². The molecule has 10 N–H and O–H groups in total. The fourth-order valence-electron chi connectivity index (χ4n) is 0. The van der Waals surface area contributed by atoms with Crippen LogP contribution in [0.2, 0.25) is 0 Å². The molecule has 0 aliphatic heterocycles. The van der Waals surface area contributed by atoms with E-state index in [1.807, 2.05) is 0 Å². The van der Waals surface area contributed by atoms with Gasteiger partial charge in [0.15, 0.2) is 0 Å². The van der Waals surface area contributed by atoms with Crippen molar-refractivity contribution < 1.29 is 27.4 Å². The third-order valence-corrected chi connectivity index (χ3v) is 0. The maximum Gasteiger partial charge on any atom is 0 e. The summed E-state index contributed by atoms with van der Waals surface area (Å²) in [6, 6.07) is 0. The van der Waals surface area contributed by atoms with Crippen molar-refractivity contribution in [1.29, 1.82) is 0 Å². The molecule has 9 heteroatoms. The van der Waals surface area contributed by atoms with Crippen molar-refractivity contribution in [2.75, 3.05) is 0 Å². The van der Waals surface area contributed by atoms with E-state index >= 15 is 0 Å². The quantitative estimate of drug-likeness (QED) is 0.378. The molecule has 0 rings (SSSR count). The molecular formula is H10B3CsO5. The van der Waals surface area contributed by atoms with Gasteiger partial charge in [-0.05, 0) is 0 Å². The molecule has 0 unspecified atom stereocenters. The molecule has 0 bridgehead atoms. The molecule has 5 nitrogen and oxygen atoms in total. The molecule has 0 heterocycles. The van der Waals surface area contributed by atoms with Crippen LogP contribution in [-0.2, 0) is 0 Å². The Bertz CT molecular complexity index is 12.2. The molecule has 9 heavy (non-hydrogen) atoms. The molecule has 0 amide bonds. The summed E-state index contributed by atoms with van der Waals surface area (Å²) in [5.41, 5.74) is 0. The fraction of sp³-hybridized carbons (Fsp3) is 0. The van der Waals surface area contributed by atoms with Crippen LogP contribution < -0.4 is 0 Å². The molecule has 0 aromatic heterocycles. The van der Waals surface area contributed by atoms with Crippen LogP contribution in [0.5, 0.6) is 0 Å². The number of rotatable bonds is 0. The van der Waals surface area contributed by atoms with E-state index in [1.165, 1.54) is 0 Å². The van der Waals surface area contributed by atoms with Gasteiger partial charge in [-0.2, -0.15) is 0 Å². The summed E-state index contributed by atoms with van der Waals surface area (Å²) in [7, 11) is 0. The van der Waals surface area contributed by atoms with Crippen LogP contribution in [0, 0.1) is 0 Å². The minimum Gasteiger partial charge on any atom is -0.412 e. The zero-order valence-corrected chi connectivity index (χ0v) is 11.5. The molecule has 10 radical (unpaired) electrons. The van der Waals surface area contributed by atoms with Crippen LogP contribution in [0.15, 0.2) is 0 Å². The first-order valence-corrected chi connectivity index (χ1v) is 0. The Morgan fingerprint density at radius 2 is 0.333 bits per heavy atom. The Labute approximate surface area is 119 Å². The molecule has 0 saturated heterocycles. The molecule has 0 aromatic rings. The molecule has 0 aliphatic carbocycles. The van der Waals surface area contributed by atoms with Crippen molar-refractivity contribution in [3.63, 3.8) is 0 Å². The van der Waals surface area contributed by atoms with Crippen molar-refractivity contribution in [3.05, 3.63) is 0 Å². The van der Waals surface area contributed by atoms with Gasteiger partial charge in [0.05, 0.1) is 0 Å². The second kappa shape index (κ2) is 196. The van der Waals surface area contributed by atoms with Crippen molar-refractivity contribution in [3.8, 4) is 0 Å². The first kappa shape index (κ1) is 266. The number of hydrogen-bond donors (Lipinski definition) is 0. The fourth-order valence-corrected chi connectivity index (χ4v) is 0. The maximum atomic E-state index is 0. The Kier molecular flexibility index (Phi) is 5800. The topological polar surface area (TPSA) is 158 Å². The minimum atomic E-state index is 0. The van der Waals surface area contributed by atoms with Crippen LogP contribution in [0.1, 0.15) is 0 Å². The predicted molar refractivity (Wildman–Crippen MR) is 41.1 cm³/mol. The summed E-state index contributed by atoms with van der Waals surface area (Å²) in [5, 5.41) is 0. The van der Waals surface area contributed by atoms with E-state index < -0.39 is 0 Å². The van der Waals surface area contributed by atoms with Gasteiger partial charge in [-0.1, -0.05) is 0 Å². The Morgan fingerprint density at radius 1 is 0.333 bits per heavy atom. The van der Waals surface area contributed by atoms with Gasteiger partial charge in [-0.15, -0.1) is 0 Å². The summed E-state index contributed by atoms with van der Waals surface area (Å²) in [5.74, 6) is 0. The van der Waals surface area contributed by atoms with Gasteiger partial charge >= 0.3 is 0 Å². The maximum absolute atomic E-state index is 0. The average molecular weight is 255 g/mol. The molecular weight excluding hydrogens is 245 g/mol. The van der Waals surface area contributed by atoms with Gasteiger partial charge in [0.2, 0.25) is 0 Å². The minimum absolute atomic E-state index is 0. The van der Waals surface area contributed by atoms with E-state index in [-0.39, 0.29) is 122 Å². The summed E-state index contributed by atoms with van der Waals surface area (Å²) in [6.07, 6.45) is 0. The largest absolute Gasteiger partial charge is 0.412 e. The summed E-state index contributed by atoms with van der Waals surface area (Å²) in [4.78, 5) is 0. The van der Waals surface area contributed by atoms with Crippen LogP contribution in [-0.4, -0.2) is 122 Å². The van der Waals surface area contributed by atoms with Crippen LogP contribution in [0.3, 0.4) is 0 Å². The van der Waals surface area contributed by atoms with Gasteiger partial charge in [0.1, 0.15) is 0 Å². The third kappa shape index (κ3) is 155. The van der Waals surface area contributed by atoms with Gasteiger partial charge in [0.25, 0.3) is 0 Å². The van der Waals surface area contributed by atoms with E-state index in [2.05, 4.69) is 0 Å². The second-order valence-corrected chi connectivity index (χ2v) is 0. The van der Waals surface area contributed by atoms with Crippen LogP contribution in [0.4, 0.5) is 0 Å². The Hall–Kier alpha value is 2.05. The Balaban J connectivity index is 0. The van der Waals surface area contributed by atoms with Crippen molar-refractivity contribution >= 4 is 94.1 Å². The second-order valence-electron chi connectivity index (χ2n) is 0. The van der Waals surface area contributed by atoms with E-state index in [9.17, 15) is 0 Å². The monoisotopic (exact) mass is 256 g/mol. The van der Waals surface area contributed by atoms with Crippen molar-refractivity contribution in [1.82, 2.24) is 0 Å². The molecule has 0 spiro atoms. The smallest absolute Gasteiger partial charge is 0 e. The average Bonchev–Trinajstić information content (AvgIpc) is 0. The molecule has 50 valence electrons. The predicted octanol–water partition coefficient (Wildman–Crippen LogP) is -5.65. The van der Waals surface area contributed by atoms with Gasteiger partial charge in [-0.3, -0.25) is 0 Å². The number of hydrogen-bond acceptors (Lipinski definition) is 0. The van der Waals surface area contributed by atoms with Crippen LogP contribution in [0.25, 0.3) is 0 Å². The summed E-state index contributed by atoms with van der Waals surface area (Å²) >= 11 is 0. The first-order chi connectivity index (χ1) is 0. The third-order valence-electron chi connectivity index (χ3n) is 0. The van der Waals surface area contributed by atoms with Crippen LogP contribution >= 0.6 is 0 Å². The normalized spacial score (nSPS) is 0. The van der Waals surface area contributed by atoms with Gasteiger partial charge in [-0.25, -0.2) is 0 Å². The molecule has 0 saturated carbocycles. The summed E-state index contributed by atoms with van der Waals surface area (Å²) < 4.78 is 0. The van der Waals surface area contributed by atoms with Crippen molar-refractivity contribution in [2.45, 2.75) is 0 Å². The first-order valence-electron chi connectivity index (χ1n) is 0. The summed E-state index contributed by atoms with van der Waals surface area (Å²) in [6.45, 7) is 0. The molecule has 0 aromatic carbocycles. The molecule has 0 atom stereocenters. The van der Waals surface area contributed by atoms with E-state index in [0.717, 1.165) is 0 Å². The molecule has 0 aliphatic rings. The zero-order valence-electron chi connectivity index (χ0n) is 5.23. The van der Waals surface area contributed by atoms with Crippen molar-refractivity contribution in [2.24, 2.45) is 0 Å². The zero-order chi connectivity index (χ0) is 0. The Morgan fingerprint density at radius 3 is 0.333 bits per heavy atom. The molecule has 0 fully saturated rings. The van der Waals surface area contributed by atoms with Gasteiger partial charge < -0.3 is 27.4 Å². The van der Waals surface area contributed by atoms with E-state index in [1.54, 1.807) is 0 Å². The van der Waals surface area contributed by atoms with E-state index in [0.29, 0.717) is 0 Å². The van der Waals surface area contributed by atoms with Gasteiger partial charge in [0, 0.05) is 94.1 Å². The standard InChI is InChI=1S/3B.Cs.5H2O/h;;;;5*1H2.